The third kappa shape index (κ3) is 1.58. The Labute approximate surface area is 104 Å². The van der Waals surface area contributed by atoms with Gasteiger partial charge in [0.2, 0.25) is 0 Å². The molecule has 0 N–H and O–H groups in total. The highest BCUT2D eigenvalue weighted by atomic mass is 14.3. The Morgan fingerprint density at radius 1 is 0.941 bits per heavy atom. The predicted molar refractivity (Wildman–Crippen MR) is 74.6 cm³/mol. The van der Waals surface area contributed by atoms with Crippen LogP contribution in [-0.2, 0) is 0 Å². The number of hydrogen-bond acceptors (Lipinski definition) is 0. The van der Waals surface area contributed by atoms with Crippen LogP contribution in [0.5, 0.6) is 0 Å². The first-order chi connectivity index (χ1) is 8.35. The lowest BCUT2D eigenvalue weighted by Crippen LogP contribution is -1.92. The standard InChI is InChI=1S/C17H20/c1-3-12-11-13(4-2)17-15-8-6-5-7-14(15)9-10-16(12)17/h5-10,12-13H,3-4,11H2,1-2H3/t12-,13?/m1/s1. The van der Waals surface area contributed by atoms with E-state index in [1.807, 2.05) is 0 Å². The lowest BCUT2D eigenvalue weighted by molar-refractivity contribution is 0.565. The minimum atomic E-state index is 0.779. The molecule has 1 aliphatic carbocycles. The molecular formula is C17H20. The van der Waals surface area contributed by atoms with Gasteiger partial charge in [0.15, 0.2) is 0 Å². The van der Waals surface area contributed by atoms with Crippen molar-refractivity contribution in [3.8, 4) is 0 Å². The number of rotatable bonds is 2. The molecule has 17 heavy (non-hydrogen) atoms. The Hall–Kier alpha value is -1.30. The molecule has 88 valence electrons. The second-order valence-corrected chi connectivity index (χ2v) is 5.24. The third-order valence-electron chi connectivity index (χ3n) is 4.41. The molecule has 0 aromatic heterocycles. The molecule has 2 aromatic rings. The van der Waals surface area contributed by atoms with Crippen LogP contribution in [0, 0.1) is 0 Å². The molecule has 1 unspecified atom stereocenters. The van der Waals surface area contributed by atoms with Gasteiger partial charge in [0, 0.05) is 0 Å². The predicted octanol–water partition coefficient (Wildman–Crippen LogP) is 5.23. The van der Waals surface area contributed by atoms with Crippen LogP contribution in [0.2, 0.25) is 0 Å². The molecule has 0 spiro atoms. The molecule has 2 aromatic carbocycles. The third-order valence-corrected chi connectivity index (χ3v) is 4.41. The molecule has 0 bridgehead atoms. The zero-order valence-electron chi connectivity index (χ0n) is 10.7. The molecule has 0 radical (unpaired) electrons. The van der Waals surface area contributed by atoms with Gasteiger partial charge in [-0.3, -0.25) is 0 Å². The van der Waals surface area contributed by atoms with Gasteiger partial charge in [-0.05, 0) is 53.0 Å². The van der Waals surface area contributed by atoms with Crippen molar-refractivity contribution in [3.05, 3.63) is 47.5 Å². The van der Waals surface area contributed by atoms with Crippen molar-refractivity contribution in [2.75, 3.05) is 0 Å². The maximum absolute atomic E-state index is 2.38. The first kappa shape index (κ1) is 10.8. The average molecular weight is 224 g/mol. The summed E-state index contributed by atoms with van der Waals surface area (Å²) in [5.74, 6) is 1.57. The van der Waals surface area contributed by atoms with Crippen LogP contribution in [0.3, 0.4) is 0 Å². The maximum atomic E-state index is 2.38. The summed E-state index contributed by atoms with van der Waals surface area (Å²) < 4.78 is 0. The second-order valence-electron chi connectivity index (χ2n) is 5.24. The van der Waals surface area contributed by atoms with Crippen LogP contribution in [0.25, 0.3) is 10.8 Å². The van der Waals surface area contributed by atoms with E-state index in [-0.39, 0.29) is 0 Å². The van der Waals surface area contributed by atoms with Crippen molar-refractivity contribution in [1.29, 1.82) is 0 Å². The molecule has 3 rings (SSSR count). The smallest absolute Gasteiger partial charge is 0.0146 e. The monoisotopic (exact) mass is 224 g/mol. The maximum Gasteiger partial charge on any atom is -0.0146 e. The van der Waals surface area contributed by atoms with Gasteiger partial charge in [-0.2, -0.15) is 0 Å². The first-order valence-electron chi connectivity index (χ1n) is 6.86. The van der Waals surface area contributed by atoms with Gasteiger partial charge in [-0.25, -0.2) is 0 Å². The van der Waals surface area contributed by atoms with Gasteiger partial charge in [0.05, 0.1) is 0 Å². The highest BCUT2D eigenvalue weighted by Gasteiger charge is 2.29. The second kappa shape index (κ2) is 4.18. The Morgan fingerprint density at radius 3 is 2.47 bits per heavy atom. The van der Waals surface area contributed by atoms with Crippen LogP contribution in [-0.4, -0.2) is 0 Å². The van der Waals surface area contributed by atoms with E-state index in [0.717, 1.165) is 11.8 Å². The minimum absolute atomic E-state index is 0.779. The van der Waals surface area contributed by atoms with Crippen LogP contribution in [0.15, 0.2) is 36.4 Å². The number of hydrogen-bond donors (Lipinski definition) is 0. The van der Waals surface area contributed by atoms with Crippen LogP contribution >= 0.6 is 0 Å². The molecule has 0 nitrogen and oxygen atoms in total. The zero-order chi connectivity index (χ0) is 11.8. The van der Waals surface area contributed by atoms with Crippen molar-refractivity contribution in [1.82, 2.24) is 0 Å². The van der Waals surface area contributed by atoms with Crippen LogP contribution < -0.4 is 0 Å². The summed E-state index contributed by atoms with van der Waals surface area (Å²) >= 11 is 0. The van der Waals surface area contributed by atoms with Gasteiger partial charge in [-0.1, -0.05) is 50.2 Å². The van der Waals surface area contributed by atoms with Crippen molar-refractivity contribution < 1.29 is 0 Å². The summed E-state index contributed by atoms with van der Waals surface area (Å²) in [4.78, 5) is 0. The van der Waals surface area contributed by atoms with E-state index in [0.29, 0.717) is 0 Å². The molecule has 0 amide bonds. The molecular weight excluding hydrogens is 204 g/mol. The molecule has 0 heteroatoms. The molecule has 2 atom stereocenters. The summed E-state index contributed by atoms with van der Waals surface area (Å²) in [6.07, 6.45) is 3.91. The fraction of sp³-hybridized carbons (Fsp3) is 0.412. The molecule has 0 fully saturated rings. The van der Waals surface area contributed by atoms with E-state index < -0.39 is 0 Å². The Kier molecular flexibility index (Phi) is 2.66. The van der Waals surface area contributed by atoms with E-state index in [9.17, 15) is 0 Å². The van der Waals surface area contributed by atoms with Crippen molar-refractivity contribution >= 4 is 10.8 Å². The van der Waals surface area contributed by atoms with E-state index in [1.54, 1.807) is 11.1 Å². The Balaban J connectivity index is 2.27. The molecule has 0 heterocycles. The summed E-state index contributed by atoms with van der Waals surface area (Å²) in [7, 11) is 0. The molecule has 0 saturated heterocycles. The molecule has 1 aliphatic rings. The molecule has 0 saturated carbocycles. The van der Waals surface area contributed by atoms with Crippen molar-refractivity contribution in [3.63, 3.8) is 0 Å². The topological polar surface area (TPSA) is 0 Å². The summed E-state index contributed by atoms with van der Waals surface area (Å²) in [6.45, 7) is 4.65. The van der Waals surface area contributed by atoms with Gasteiger partial charge >= 0.3 is 0 Å². The fourth-order valence-electron chi connectivity index (χ4n) is 3.47. The SMILES string of the molecule is CCC1C[C@@H](CC)c2ccc3ccccc3c21. The minimum Gasteiger partial charge on any atom is -0.0648 e. The van der Waals surface area contributed by atoms with Crippen molar-refractivity contribution in [2.45, 2.75) is 44.9 Å². The normalized spacial score (nSPS) is 22.9. The largest absolute Gasteiger partial charge is 0.0648 e. The van der Waals surface area contributed by atoms with E-state index in [2.05, 4.69) is 50.2 Å². The lowest BCUT2D eigenvalue weighted by Gasteiger charge is -2.11. The fourth-order valence-corrected chi connectivity index (χ4v) is 3.47. The number of benzene rings is 2. The van der Waals surface area contributed by atoms with Crippen LogP contribution in [0.1, 0.15) is 56.1 Å². The summed E-state index contributed by atoms with van der Waals surface area (Å²) in [5.41, 5.74) is 3.27. The first-order valence-corrected chi connectivity index (χ1v) is 6.86. The average Bonchev–Trinajstić information content (AvgIpc) is 2.77. The quantitative estimate of drug-likeness (QED) is 0.655. The summed E-state index contributed by atoms with van der Waals surface area (Å²) in [6, 6.07) is 13.5. The lowest BCUT2D eigenvalue weighted by atomic mass is 9.93. The highest BCUT2D eigenvalue weighted by molar-refractivity contribution is 5.88. The van der Waals surface area contributed by atoms with Gasteiger partial charge in [-0.15, -0.1) is 0 Å². The van der Waals surface area contributed by atoms with E-state index >= 15 is 0 Å². The van der Waals surface area contributed by atoms with Crippen LogP contribution in [0.4, 0.5) is 0 Å². The van der Waals surface area contributed by atoms with E-state index in [1.165, 1.54) is 30.0 Å². The Morgan fingerprint density at radius 2 is 1.71 bits per heavy atom. The van der Waals surface area contributed by atoms with Gasteiger partial charge in [0.25, 0.3) is 0 Å². The molecule has 0 aliphatic heterocycles. The van der Waals surface area contributed by atoms with E-state index in [4.69, 9.17) is 0 Å². The summed E-state index contributed by atoms with van der Waals surface area (Å²) in [5, 5.41) is 2.90. The zero-order valence-corrected chi connectivity index (χ0v) is 10.7. The number of fused-ring (bicyclic) bond motifs is 3. The van der Waals surface area contributed by atoms with Gasteiger partial charge < -0.3 is 0 Å². The Bertz CT molecular complexity index is 539. The highest BCUT2D eigenvalue weighted by Crippen LogP contribution is 2.47. The van der Waals surface area contributed by atoms with Crippen molar-refractivity contribution in [2.24, 2.45) is 0 Å². The van der Waals surface area contributed by atoms with Gasteiger partial charge in [0.1, 0.15) is 0 Å².